The van der Waals surface area contributed by atoms with Gasteiger partial charge in [-0.2, -0.15) is 0 Å². The summed E-state index contributed by atoms with van der Waals surface area (Å²) in [6.07, 6.45) is 1.85. The van der Waals surface area contributed by atoms with Crippen LogP contribution in [0.5, 0.6) is 0 Å². The number of aliphatic hydroxyl groups excluding tert-OH is 1. The van der Waals surface area contributed by atoms with Gasteiger partial charge < -0.3 is 5.11 Å². The Bertz CT molecular complexity index is 532. The molecule has 0 aliphatic rings. The maximum Gasteiger partial charge on any atom is 0.159 e. The molecule has 0 saturated carbocycles. The molecule has 0 aliphatic heterocycles. The van der Waals surface area contributed by atoms with Gasteiger partial charge in [0.2, 0.25) is 0 Å². The first-order valence-electron chi connectivity index (χ1n) is 5.09. The van der Waals surface area contributed by atoms with Crippen molar-refractivity contribution < 1.29 is 13.9 Å². The minimum atomic E-state index is -0.912. The molecule has 17 heavy (non-hydrogen) atoms. The fourth-order valence-corrected chi connectivity index (χ4v) is 1.44. The highest BCUT2D eigenvalue weighted by molar-refractivity contribution is 5.58. The fraction of sp³-hybridized carbons (Fsp3) is 0.167. The third-order valence-electron chi connectivity index (χ3n) is 2.26. The Balaban J connectivity index is 2.38. The fourth-order valence-electron chi connectivity index (χ4n) is 1.44. The smallest absolute Gasteiger partial charge is 0.159 e. The monoisotopic (exact) mass is 236 g/mol. The third kappa shape index (κ3) is 2.62. The molecule has 0 spiro atoms. The van der Waals surface area contributed by atoms with Gasteiger partial charge in [0.15, 0.2) is 11.6 Å². The summed E-state index contributed by atoms with van der Waals surface area (Å²) < 4.78 is 25.8. The number of aliphatic hydroxyl groups is 1. The van der Waals surface area contributed by atoms with Crippen LogP contribution in [-0.4, -0.2) is 21.7 Å². The van der Waals surface area contributed by atoms with Gasteiger partial charge >= 0.3 is 0 Å². The van der Waals surface area contributed by atoms with Crippen LogP contribution in [0.1, 0.15) is 5.82 Å². The van der Waals surface area contributed by atoms with Crippen LogP contribution in [0.4, 0.5) is 8.78 Å². The van der Waals surface area contributed by atoms with Crippen molar-refractivity contribution in [3.05, 3.63) is 47.9 Å². The van der Waals surface area contributed by atoms with Gasteiger partial charge in [0.25, 0.3) is 0 Å². The van der Waals surface area contributed by atoms with Gasteiger partial charge in [0.05, 0.1) is 12.3 Å². The predicted octanol–water partition coefficient (Wildman–Crippen LogP) is 1.96. The third-order valence-corrected chi connectivity index (χ3v) is 2.26. The Labute approximate surface area is 96.8 Å². The van der Waals surface area contributed by atoms with Crippen molar-refractivity contribution in [2.24, 2.45) is 0 Å². The van der Waals surface area contributed by atoms with Crippen molar-refractivity contribution in [1.82, 2.24) is 9.97 Å². The summed E-state index contributed by atoms with van der Waals surface area (Å²) in [5.41, 5.74) is 0.979. The van der Waals surface area contributed by atoms with Gasteiger partial charge in [-0.1, -0.05) is 0 Å². The molecular formula is C12H10F2N2O. The Kier molecular flexibility index (Phi) is 3.39. The Morgan fingerprint density at radius 3 is 2.65 bits per heavy atom. The second-order valence-electron chi connectivity index (χ2n) is 3.46. The highest BCUT2D eigenvalue weighted by Crippen LogP contribution is 2.19. The first-order chi connectivity index (χ1) is 8.20. The molecule has 0 saturated heterocycles. The van der Waals surface area contributed by atoms with Gasteiger partial charge in [0, 0.05) is 18.2 Å². The molecule has 0 bridgehead atoms. The summed E-state index contributed by atoms with van der Waals surface area (Å²) in [4.78, 5) is 8.10. The van der Waals surface area contributed by atoms with E-state index in [1.54, 1.807) is 6.07 Å². The molecule has 0 radical (unpaired) electrons. The number of rotatable bonds is 3. The second kappa shape index (κ2) is 4.97. The summed E-state index contributed by atoms with van der Waals surface area (Å²) in [5, 5.41) is 8.77. The SMILES string of the molecule is OCCc1nccc(-c2ccc(F)c(F)c2)n1. The Morgan fingerprint density at radius 1 is 1.12 bits per heavy atom. The van der Waals surface area contributed by atoms with Crippen molar-refractivity contribution in [2.75, 3.05) is 6.61 Å². The summed E-state index contributed by atoms with van der Waals surface area (Å²) in [7, 11) is 0. The minimum Gasteiger partial charge on any atom is -0.396 e. The van der Waals surface area contributed by atoms with Gasteiger partial charge in [-0.05, 0) is 24.3 Å². The first kappa shape index (κ1) is 11.6. The van der Waals surface area contributed by atoms with Crippen LogP contribution in [-0.2, 0) is 6.42 Å². The van der Waals surface area contributed by atoms with Crippen molar-refractivity contribution in [2.45, 2.75) is 6.42 Å². The molecule has 3 nitrogen and oxygen atoms in total. The molecule has 2 aromatic rings. The van der Waals surface area contributed by atoms with Gasteiger partial charge in [0.1, 0.15) is 5.82 Å². The number of hydrogen-bond acceptors (Lipinski definition) is 3. The van der Waals surface area contributed by atoms with Crippen LogP contribution in [0.3, 0.4) is 0 Å². The summed E-state index contributed by atoms with van der Waals surface area (Å²) >= 11 is 0. The van der Waals surface area contributed by atoms with E-state index in [-0.39, 0.29) is 6.61 Å². The van der Waals surface area contributed by atoms with E-state index in [9.17, 15) is 8.78 Å². The van der Waals surface area contributed by atoms with Crippen LogP contribution in [0.2, 0.25) is 0 Å². The lowest BCUT2D eigenvalue weighted by molar-refractivity contribution is 0.296. The summed E-state index contributed by atoms with van der Waals surface area (Å²) in [6.45, 7) is -0.0543. The molecule has 1 N–H and O–H groups in total. The zero-order valence-electron chi connectivity index (χ0n) is 8.90. The number of aromatic nitrogens is 2. The number of benzene rings is 1. The zero-order chi connectivity index (χ0) is 12.3. The van der Waals surface area contributed by atoms with E-state index < -0.39 is 11.6 Å². The van der Waals surface area contributed by atoms with Crippen molar-refractivity contribution >= 4 is 0 Å². The quantitative estimate of drug-likeness (QED) is 0.886. The van der Waals surface area contributed by atoms with E-state index in [1.165, 1.54) is 12.3 Å². The molecule has 1 aromatic carbocycles. The maximum atomic E-state index is 13.1. The zero-order valence-corrected chi connectivity index (χ0v) is 8.90. The molecule has 0 atom stereocenters. The van der Waals surface area contributed by atoms with Crippen LogP contribution in [0, 0.1) is 11.6 Å². The number of halogens is 2. The molecule has 88 valence electrons. The van der Waals surface area contributed by atoms with E-state index in [4.69, 9.17) is 5.11 Å². The predicted molar refractivity (Wildman–Crippen MR) is 58.2 cm³/mol. The molecule has 0 amide bonds. The number of hydrogen-bond donors (Lipinski definition) is 1. The van der Waals surface area contributed by atoms with E-state index in [2.05, 4.69) is 9.97 Å². The molecule has 1 aromatic heterocycles. The average molecular weight is 236 g/mol. The highest BCUT2D eigenvalue weighted by atomic mass is 19.2. The lowest BCUT2D eigenvalue weighted by Gasteiger charge is -2.03. The summed E-state index contributed by atoms with van der Waals surface area (Å²) in [5.74, 6) is -1.34. The normalized spacial score (nSPS) is 10.5. The highest BCUT2D eigenvalue weighted by Gasteiger charge is 2.06. The van der Waals surface area contributed by atoms with Crippen LogP contribution in [0.25, 0.3) is 11.3 Å². The van der Waals surface area contributed by atoms with Crippen LogP contribution < -0.4 is 0 Å². The van der Waals surface area contributed by atoms with Gasteiger partial charge in [-0.3, -0.25) is 0 Å². The second-order valence-corrected chi connectivity index (χ2v) is 3.46. The van der Waals surface area contributed by atoms with E-state index in [0.29, 0.717) is 23.5 Å². The Hall–Kier alpha value is -1.88. The molecule has 2 rings (SSSR count). The van der Waals surface area contributed by atoms with Crippen LogP contribution in [0.15, 0.2) is 30.5 Å². The average Bonchev–Trinajstić information content (AvgIpc) is 2.33. The van der Waals surface area contributed by atoms with Crippen molar-refractivity contribution in [1.29, 1.82) is 0 Å². The minimum absolute atomic E-state index is 0.0543. The van der Waals surface area contributed by atoms with Gasteiger partial charge in [-0.25, -0.2) is 18.7 Å². The molecule has 0 unspecified atom stereocenters. The van der Waals surface area contributed by atoms with E-state index in [1.807, 2.05) is 0 Å². The molecule has 0 aliphatic carbocycles. The first-order valence-corrected chi connectivity index (χ1v) is 5.09. The lowest BCUT2D eigenvalue weighted by atomic mass is 10.1. The molecule has 1 heterocycles. The molecule has 5 heteroatoms. The Morgan fingerprint density at radius 2 is 1.94 bits per heavy atom. The molecular weight excluding hydrogens is 226 g/mol. The van der Waals surface area contributed by atoms with E-state index in [0.717, 1.165) is 12.1 Å². The van der Waals surface area contributed by atoms with Gasteiger partial charge in [-0.15, -0.1) is 0 Å². The number of nitrogens with zero attached hydrogens (tertiary/aromatic N) is 2. The van der Waals surface area contributed by atoms with Crippen molar-refractivity contribution in [3.63, 3.8) is 0 Å². The van der Waals surface area contributed by atoms with E-state index >= 15 is 0 Å². The molecule has 0 fully saturated rings. The van der Waals surface area contributed by atoms with Crippen LogP contribution >= 0.6 is 0 Å². The maximum absolute atomic E-state index is 13.1. The lowest BCUT2D eigenvalue weighted by Crippen LogP contribution is -1.99. The van der Waals surface area contributed by atoms with Crippen molar-refractivity contribution in [3.8, 4) is 11.3 Å². The largest absolute Gasteiger partial charge is 0.396 e. The standard InChI is InChI=1S/C12H10F2N2O/c13-9-2-1-8(7-10(9)14)11-3-5-15-12(16-11)4-6-17/h1-3,5,7,17H,4,6H2. The summed E-state index contributed by atoms with van der Waals surface area (Å²) in [6, 6.07) is 5.19. The topological polar surface area (TPSA) is 46.0 Å².